The van der Waals surface area contributed by atoms with Gasteiger partial charge in [0, 0.05) is 54.7 Å². The van der Waals surface area contributed by atoms with E-state index < -0.39 is 0 Å². The molecule has 0 spiro atoms. The Kier molecular flexibility index (Phi) is 3.24. The molecule has 1 aromatic carbocycles. The minimum Gasteiger partial charge on any atom is -0.352 e. The van der Waals surface area contributed by atoms with Crippen molar-refractivity contribution in [2.75, 3.05) is 13.1 Å². The predicted octanol–water partition coefficient (Wildman–Crippen LogP) is 2.13. The van der Waals surface area contributed by atoms with Crippen LogP contribution in [0.5, 0.6) is 0 Å². The van der Waals surface area contributed by atoms with Crippen LogP contribution in [0.15, 0.2) is 36.5 Å². The van der Waals surface area contributed by atoms with Gasteiger partial charge in [-0.3, -0.25) is 9.69 Å². The van der Waals surface area contributed by atoms with Gasteiger partial charge in [0.15, 0.2) is 0 Å². The number of amides is 1. The molecule has 3 heterocycles. The molecule has 2 aliphatic rings. The zero-order valence-electron chi connectivity index (χ0n) is 11.7. The summed E-state index contributed by atoms with van der Waals surface area (Å²) in [5.41, 5.74) is 1.18. The SMILES string of the molecule is O=C1C[C@H]2CN(Cc3cnc(-c4ccccc4)s3)C[C@H]2N1. The van der Waals surface area contributed by atoms with Crippen LogP contribution in [0.4, 0.5) is 0 Å². The highest BCUT2D eigenvalue weighted by Crippen LogP contribution is 2.29. The summed E-state index contributed by atoms with van der Waals surface area (Å²) in [4.78, 5) is 19.6. The number of nitrogens with zero attached hydrogens (tertiary/aromatic N) is 2. The lowest BCUT2D eigenvalue weighted by Crippen LogP contribution is -2.32. The van der Waals surface area contributed by atoms with Crippen molar-refractivity contribution in [1.82, 2.24) is 15.2 Å². The maximum absolute atomic E-state index is 11.3. The van der Waals surface area contributed by atoms with E-state index >= 15 is 0 Å². The van der Waals surface area contributed by atoms with E-state index in [-0.39, 0.29) is 5.91 Å². The van der Waals surface area contributed by atoms with Crippen molar-refractivity contribution in [2.24, 2.45) is 5.92 Å². The highest BCUT2D eigenvalue weighted by Gasteiger charge is 2.39. The van der Waals surface area contributed by atoms with Crippen LogP contribution in [0, 0.1) is 5.92 Å². The number of hydrogen-bond donors (Lipinski definition) is 1. The Bertz CT molecular complexity index is 639. The van der Waals surface area contributed by atoms with E-state index in [1.807, 2.05) is 24.4 Å². The van der Waals surface area contributed by atoms with Gasteiger partial charge in [0.2, 0.25) is 5.91 Å². The van der Waals surface area contributed by atoms with E-state index in [1.165, 1.54) is 10.4 Å². The number of carbonyl (C=O) groups excluding carboxylic acids is 1. The molecule has 2 fully saturated rings. The first-order chi connectivity index (χ1) is 10.3. The molecule has 1 amide bonds. The predicted molar refractivity (Wildman–Crippen MR) is 82.9 cm³/mol. The molecule has 0 aliphatic carbocycles. The first-order valence-electron chi connectivity index (χ1n) is 7.30. The second-order valence-corrected chi connectivity index (χ2v) is 6.95. The lowest BCUT2D eigenvalue weighted by atomic mass is 10.1. The molecule has 1 aromatic heterocycles. The van der Waals surface area contributed by atoms with Crippen LogP contribution in [0.3, 0.4) is 0 Å². The van der Waals surface area contributed by atoms with Crippen molar-refractivity contribution in [3.8, 4) is 10.6 Å². The lowest BCUT2D eigenvalue weighted by Gasteiger charge is -2.14. The third kappa shape index (κ3) is 2.59. The maximum Gasteiger partial charge on any atom is 0.220 e. The average molecular weight is 299 g/mol. The van der Waals surface area contributed by atoms with Crippen molar-refractivity contribution in [3.63, 3.8) is 0 Å². The zero-order chi connectivity index (χ0) is 14.2. The molecular formula is C16H17N3OS. The number of carbonyl (C=O) groups is 1. The van der Waals surface area contributed by atoms with Crippen LogP contribution < -0.4 is 5.32 Å². The molecule has 4 rings (SSSR count). The summed E-state index contributed by atoms with van der Waals surface area (Å²) in [5, 5.41) is 4.15. The van der Waals surface area contributed by atoms with Crippen LogP contribution in [0.1, 0.15) is 11.3 Å². The van der Waals surface area contributed by atoms with E-state index in [0.717, 1.165) is 24.6 Å². The Morgan fingerprint density at radius 2 is 2.14 bits per heavy atom. The molecular weight excluding hydrogens is 282 g/mol. The fourth-order valence-electron chi connectivity index (χ4n) is 3.28. The number of fused-ring (bicyclic) bond motifs is 1. The third-order valence-corrected chi connectivity index (χ3v) is 5.30. The van der Waals surface area contributed by atoms with E-state index in [9.17, 15) is 4.79 Å². The standard InChI is InChI=1S/C16H17N3OS/c20-15-6-12-8-19(10-14(12)18-15)9-13-7-17-16(21-13)11-4-2-1-3-5-11/h1-5,7,12,14H,6,8-10H2,(H,18,20)/t12-,14+/m0/s1. The first-order valence-corrected chi connectivity index (χ1v) is 8.11. The fraction of sp³-hybridized carbons (Fsp3) is 0.375. The van der Waals surface area contributed by atoms with Gasteiger partial charge in [-0.2, -0.15) is 0 Å². The molecule has 2 aliphatic heterocycles. The summed E-state index contributed by atoms with van der Waals surface area (Å²) in [6, 6.07) is 10.7. The van der Waals surface area contributed by atoms with Crippen LogP contribution >= 0.6 is 11.3 Å². The molecule has 2 aromatic rings. The summed E-state index contributed by atoms with van der Waals surface area (Å²) in [6.07, 6.45) is 2.68. The second-order valence-electron chi connectivity index (χ2n) is 5.83. The van der Waals surface area contributed by atoms with Gasteiger partial charge in [-0.25, -0.2) is 4.98 Å². The van der Waals surface area contributed by atoms with Crippen molar-refractivity contribution >= 4 is 17.2 Å². The molecule has 0 saturated carbocycles. The zero-order valence-corrected chi connectivity index (χ0v) is 12.5. The Labute approximate surface area is 127 Å². The third-order valence-electron chi connectivity index (χ3n) is 4.26. The molecule has 21 heavy (non-hydrogen) atoms. The summed E-state index contributed by atoms with van der Waals surface area (Å²) in [5.74, 6) is 0.716. The van der Waals surface area contributed by atoms with E-state index in [2.05, 4.69) is 27.3 Å². The van der Waals surface area contributed by atoms with E-state index in [1.54, 1.807) is 11.3 Å². The minimum atomic E-state index is 0.216. The number of hydrogen-bond acceptors (Lipinski definition) is 4. The maximum atomic E-state index is 11.3. The van der Waals surface area contributed by atoms with Crippen LogP contribution in [-0.4, -0.2) is 34.9 Å². The molecule has 108 valence electrons. The summed E-state index contributed by atoms with van der Waals surface area (Å²) in [6.45, 7) is 2.92. The number of rotatable bonds is 3. The van der Waals surface area contributed by atoms with E-state index in [0.29, 0.717) is 18.4 Å². The minimum absolute atomic E-state index is 0.216. The van der Waals surface area contributed by atoms with Crippen molar-refractivity contribution < 1.29 is 4.79 Å². The van der Waals surface area contributed by atoms with E-state index in [4.69, 9.17) is 0 Å². The molecule has 5 heteroatoms. The lowest BCUT2D eigenvalue weighted by molar-refractivity contribution is -0.119. The topological polar surface area (TPSA) is 45.2 Å². The average Bonchev–Trinajstić information content (AvgIpc) is 3.15. The van der Waals surface area contributed by atoms with Gasteiger partial charge in [-0.1, -0.05) is 30.3 Å². The Balaban J connectivity index is 1.43. The summed E-state index contributed by atoms with van der Waals surface area (Å²) >= 11 is 1.76. The summed E-state index contributed by atoms with van der Waals surface area (Å²) < 4.78 is 0. The monoisotopic (exact) mass is 299 g/mol. The number of nitrogens with one attached hydrogen (secondary N) is 1. The molecule has 0 unspecified atom stereocenters. The van der Waals surface area contributed by atoms with Gasteiger partial charge < -0.3 is 5.32 Å². The number of thiazole rings is 1. The van der Waals surface area contributed by atoms with Gasteiger partial charge in [0.1, 0.15) is 5.01 Å². The number of likely N-dealkylation sites (tertiary alicyclic amines) is 1. The Hall–Kier alpha value is -1.72. The smallest absolute Gasteiger partial charge is 0.220 e. The molecule has 2 saturated heterocycles. The van der Waals surface area contributed by atoms with Gasteiger partial charge in [-0.05, 0) is 0 Å². The van der Waals surface area contributed by atoms with Gasteiger partial charge in [0.05, 0.1) is 0 Å². The van der Waals surface area contributed by atoms with Gasteiger partial charge >= 0.3 is 0 Å². The largest absolute Gasteiger partial charge is 0.352 e. The molecule has 0 radical (unpaired) electrons. The molecule has 1 N–H and O–H groups in total. The highest BCUT2D eigenvalue weighted by atomic mass is 32.1. The summed E-state index contributed by atoms with van der Waals surface area (Å²) in [7, 11) is 0. The number of aromatic nitrogens is 1. The van der Waals surface area contributed by atoms with Crippen LogP contribution in [0.25, 0.3) is 10.6 Å². The van der Waals surface area contributed by atoms with Gasteiger partial charge in [0.25, 0.3) is 0 Å². The fourth-order valence-corrected chi connectivity index (χ4v) is 4.24. The Morgan fingerprint density at radius 3 is 2.95 bits per heavy atom. The molecule has 4 nitrogen and oxygen atoms in total. The molecule has 0 bridgehead atoms. The van der Waals surface area contributed by atoms with Crippen molar-refractivity contribution in [1.29, 1.82) is 0 Å². The first kappa shape index (κ1) is 13.0. The quantitative estimate of drug-likeness (QED) is 0.944. The van der Waals surface area contributed by atoms with Crippen molar-refractivity contribution in [2.45, 2.75) is 19.0 Å². The number of benzene rings is 1. The van der Waals surface area contributed by atoms with Crippen LogP contribution in [0.2, 0.25) is 0 Å². The normalized spacial score (nSPS) is 25.0. The van der Waals surface area contributed by atoms with Crippen molar-refractivity contribution in [3.05, 3.63) is 41.4 Å². The second kappa shape index (κ2) is 5.24. The Morgan fingerprint density at radius 1 is 1.29 bits per heavy atom. The highest BCUT2D eigenvalue weighted by molar-refractivity contribution is 7.15. The molecule has 2 atom stereocenters. The van der Waals surface area contributed by atoms with Crippen LogP contribution in [-0.2, 0) is 11.3 Å². The van der Waals surface area contributed by atoms with Gasteiger partial charge in [-0.15, -0.1) is 11.3 Å².